The number of hydrogen-bond acceptors (Lipinski definition) is 5. The van der Waals surface area contributed by atoms with Crippen LogP contribution in [0.15, 0.2) is 30.6 Å². The smallest absolute Gasteiger partial charge is 0.224 e. The molecule has 0 amide bonds. The Morgan fingerprint density at radius 3 is 2.88 bits per heavy atom. The number of nitrogens with two attached hydrogens (primary N) is 1. The number of anilines is 2. The van der Waals surface area contributed by atoms with E-state index in [1.165, 1.54) is 6.20 Å². The Morgan fingerprint density at radius 1 is 1.35 bits per heavy atom. The monoisotopic (exact) mass is 249 g/mol. The second kappa shape index (κ2) is 4.97. The lowest BCUT2D eigenvalue weighted by Crippen LogP contribution is -2.20. The van der Waals surface area contributed by atoms with Gasteiger partial charge >= 0.3 is 0 Å². The van der Waals surface area contributed by atoms with Crippen molar-refractivity contribution >= 4 is 23.1 Å². The van der Waals surface area contributed by atoms with Crippen molar-refractivity contribution in [2.75, 3.05) is 17.7 Å². The van der Waals surface area contributed by atoms with Gasteiger partial charge in [-0.05, 0) is 23.7 Å². The maximum absolute atomic E-state index is 5.80. The molecule has 88 valence electrons. The highest BCUT2D eigenvalue weighted by molar-refractivity contribution is 6.28. The minimum absolute atomic E-state index is 0.182. The van der Waals surface area contributed by atoms with Gasteiger partial charge in [-0.1, -0.05) is 6.07 Å². The topological polar surface area (TPSA) is 67.9 Å². The zero-order valence-electron chi connectivity index (χ0n) is 9.34. The molecule has 2 heterocycles. The summed E-state index contributed by atoms with van der Waals surface area (Å²) in [5, 5.41) is 0.182. The maximum atomic E-state index is 5.80. The van der Waals surface area contributed by atoms with Crippen molar-refractivity contribution < 1.29 is 0 Å². The number of hydrogen-bond donors (Lipinski definition) is 1. The van der Waals surface area contributed by atoms with Gasteiger partial charge in [0.05, 0.1) is 24.1 Å². The average Bonchev–Trinajstić information content (AvgIpc) is 2.33. The number of rotatable bonds is 3. The molecule has 0 unspecified atom stereocenters. The molecule has 6 heteroatoms. The first kappa shape index (κ1) is 11.6. The van der Waals surface area contributed by atoms with E-state index in [4.69, 9.17) is 17.3 Å². The van der Waals surface area contributed by atoms with Crippen LogP contribution >= 0.6 is 11.6 Å². The van der Waals surface area contributed by atoms with Crippen LogP contribution in [0.3, 0.4) is 0 Å². The highest BCUT2D eigenvalue weighted by Crippen LogP contribution is 2.20. The Balaban J connectivity index is 2.20. The molecule has 0 saturated heterocycles. The highest BCUT2D eigenvalue weighted by Gasteiger charge is 2.09. The van der Waals surface area contributed by atoms with E-state index < -0.39 is 0 Å². The van der Waals surface area contributed by atoms with E-state index in [9.17, 15) is 0 Å². The molecule has 2 aromatic heterocycles. The highest BCUT2D eigenvalue weighted by atomic mass is 35.5. The van der Waals surface area contributed by atoms with Crippen molar-refractivity contribution in [1.82, 2.24) is 15.0 Å². The van der Waals surface area contributed by atoms with Gasteiger partial charge in [-0.3, -0.25) is 4.98 Å². The van der Waals surface area contributed by atoms with Gasteiger partial charge in [0.25, 0.3) is 0 Å². The van der Waals surface area contributed by atoms with Gasteiger partial charge in [-0.25, -0.2) is 4.98 Å². The van der Waals surface area contributed by atoms with Gasteiger partial charge in [-0.15, -0.1) is 0 Å². The maximum Gasteiger partial charge on any atom is 0.224 e. The first-order valence-electron chi connectivity index (χ1n) is 5.06. The van der Waals surface area contributed by atoms with E-state index in [0.29, 0.717) is 18.1 Å². The summed E-state index contributed by atoms with van der Waals surface area (Å²) in [6.45, 7) is 0.610. The largest absolute Gasteiger partial charge is 0.394 e. The summed E-state index contributed by atoms with van der Waals surface area (Å²) < 4.78 is 0. The molecule has 0 atom stereocenters. The van der Waals surface area contributed by atoms with E-state index in [0.717, 1.165) is 5.69 Å². The van der Waals surface area contributed by atoms with Crippen LogP contribution < -0.4 is 10.6 Å². The number of nitrogens with zero attached hydrogens (tertiary/aromatic N) is 4. The third-order valence-corrected chi connectivity index (χ3v) is 2.44. The molecular weight excluding hydrogens is 238 g/mol. The fourth-order valence-corrected chi connectivity index (χ4v) is 1.61. The predicted octanol–water partition coefficient (Wildman–Crippen LogP) is 1.74. The van der Waals surface area contributed by atoms with E-state index >= 15 is 0 Å². The van der Waals surface area contributed by atoms with E-state index in [1.54, 1.807) is 6.20 Å². The van der Waals surface area contributed by atoms with E-state index in [1.807, 2.05) is 30.1 Å². The third-order valence-electron chi connectivity index (χ3n) is 2.25. The molecule has 5 nitrogen and oxygen atoms in total. The molecule has 0 aliphatic heterocycles. The van der Waals surface area contributed by atoms with Crippen LogP contribution in [0.25, 0.3) is 0 Å². The quantitative estimate of drug-likeness (QED) is 0.840. The van der Waals surface area contributed by atoms with Gasteiger partial charge in [-0.2, -0.15) is 4.98 Å². The zero-order chi connectivity index (χ0) is 12.3. The van der Waals surface area contributed by atoms with Gasteiger partial charge in [0, 0.05) is 13.2 Å². The summed E-state index contributed by atoms with van der Waals surface area (Å²) in [7, 11) is 1.88. The molecule has 0 fully saturated rings. The molecule has 0 spiro atoms. The van der Waals surface area contributed by atoms with E-state index in [-0.39, 0.29) is 5.28 Å². The fraction of sp³-hybridized carbons (Fsp3) is 0.182. The molecule has 2 N–H and O–H groups in total. The fourth-order valence-electron chi connectivity index (χ4n) is 1.48. The molecule has 2 aromatic rings. The van der Waals surface area contributed by atoms with Crippen molar-refractivity contribution in [3.63, 3.8) is 0 Å². The lowest BCUT2D eigenvalue weighted by atomic mass is 10.3. The molecule has 17 heavy (non-hydrogen) atoms. The summed E-state index contributed by atoms with van der Waals surface area (Å²) in [6.07, 6.45) is 3.25. The second-order valence-electron chi connectivity index (χ2n) is 3.60. The Bertz CT molecular complexity index is 502. The first-order chi connectivity index (χ1) is 8.16. The van der Waals surface area contributed by atoms with Gasteiger partial charge in [0.2, 0.25) is 5.28 Å². The second-order valence-corrected chi connectivity index (χ2v) is 3.93. The Labute approximate surface area is 104 Å². The summed E-state index contributed by atoms with van der Waals surface area (Å²) in [4.78, 5) is 14.0. The number of aromatic nitrogens is 3. The van der Waals surface area contributed by atoms with Gasteiger partial charge < -0.3 is 10.6 Å². The summed E-state index contributed by atoms with van der Waals surface area (Å²) in [6, 6.07) is 5.75. The molecule has 0 aliphatic rings. The number of halogens is 1. The molecule has 0 saturated carbocycles. The molecular formula is C11H12ClN5. The molecule has 0 aliphatic carbocycles. The molecule has 2 rings (SSSR count). The normalized spacial score (nSPS) is 10.2. The van der Waals surface area contributed by atoms with Crippen LogP contribution in [0, 0.1) is 0 Å². The minimum Gasteiger partial charge on any atom is -0.394 e. The van der Waals surface area contributed by atoms with Gasteiger partial charge in [0.15, 0.2) is 5.82 Å². The minimum atomic E-state index is 0.182. The zero-order valence-corrected chi connectivity index (χ0v) is 10.1. The van der Waals surface area contributed by atoms with Crippen molar-refractivity contribution in [1.29, 1.82) is 0 Å². The molecule has 0 bridgehead atoms. The van der Waals surface area contributed by atoms with Crippen LogP contribution in [0.4, 0.5) is 11.5 Å². The van der Waals surface area contributed by atoms with Crippen LogP contribution in [0.5, 0.6) is 0 Å². The van der Waals surface area contributed by atoms with Crippen LogP contribution in [0.2, 0.25) is 5.28 Å². The van der Waals surface area contributed by atoms with Crippen molar-refractivity contribution in [3.8, 4) is 0 Å². The lowest BCUT2D eigenvalue weighted by molar-refractivity contribution is 0.863. The first-order valence-corrected chi connectivity index (χ1v) is 5.43. The third kappa shape index (κ3) is 2.82. The SMILES string of the molecule is CN(Cc1ccccn1)c1nc(Cl)ncc1N. The number of pyridine rings is 1. The Hall–Kier alpha value is -1.88. The van der Waals surface area contributed by atoms with Crippen molar-refractivity contribution in [2.45, 2.75) is 6.54 Å². The molecule has 0 radical (unpaired) electrons. The number of nitrogen functional groups attached to an aromatic ring is 1. The Morgan fingerprint density at radius 2 is 2.18 bits per heavy atom. The van der Waals surface area contributed by atoms with Gasteiger partial charge in [0.1, 0.15) is 0 Å². The average molecular weight is 250 g/mol. The van der Waals surface area contributed by atoms with Crippen LogP contribution in [-0.2, 0) is 6.54 Å². The summed E-state index contributed by atoms with van der Waals surface area (Å²) >= 11 is 5.74. The summed E-state index contributed by atoms with van der Waals surface area (Å²) in [5.41, 5.74) is 7.23. The molecule has 0 aromatic carbocycles. The van der Waals surface area contributed by atoms with E-state index in [2.05, 4.69) is 15.0 Å². The Kier molecular flexibility index (Phi) is 3.39. The standard InChI is InChI=1S/C11H12ClN5/c1-17(7-8-4-2-3-5-14-8)10-9(13)6-15-11(12)16-10/h2-6H,7,13H2,1H3. The van der Waals surface area contributed by atoms with Crippen molar-refractivity contribution in [2.24, 2.45) is 0 Å². The summed E-state index contributed by atoms with van der Waals surface area (Å²) in [5.74, 6) is 0.607. The van der Waals surface area contributed by atoms with Crippen LogP contribution in [0.1, 0.15) is 5.69 Å². The lowest BCUT2D eigenvalue weighted by Gasteiger charge is -2.18. The predicted molar refractivity (Wildman–Crippen MR) is 67.8 cm³/mol. The van der Waals surface area contributed by atoms with Crippen LogP contribution in [-0.4, -0.2) is 22.0 Å². The van der Waals surface area contributed by atoms with Crippen molar-refractivity contribution in [3.05, 3.63) is 41.6 Å².